The number of nitrogens with zero attached hydrogens (tertiary/aromatic N) is 2. The van der Waals surface area contributed by atoms with Crippen LogP contribution in [-0.4, -0.2) is 37.3 Å². The standard InChI is InChI=1S/C12H17N3O2S/c1-10(2)15(3)18(16,17)12-7-11(5-4-6-13)8-14-9-12/h7-10H,6,13H2,1-3H3. The molecule has 0 aliphatic carbocycles. The van der Waals surface area contributed by atoms with Gasteiger partial charge in [0.05, 0.1) is 6.54 Å². The van der Waals surface area contributed by atoms with Crippen molar-refractivity contribution in [1.29, 1.82) is 0 Å². The second-order valence-electron chi connectivity index (χ2n) is 4.03. The molecule has 2 N–H and O–H groups in total. The van der Waals surface area contributed by atoms with Crippen molar-refractivity contribution in [2.45, 2.75) is 24.8 Å². The van der Waals surface area contributed by atoms with Crippen LogP contribution in [0.25, 0.3) is 0 Å². The third-order valence-electron chi connectivity index (χ3n) is 2.45. The fraction of sp³-hybridized carbons (Fsp3) is 0.417. The summed E-state index contributed by atoms with van der Waals surface area (Å²) in [6.45, 7) is 3.84. The summed E-state index contributed by atoms with van der Waals surface area (Å²) in [6, 6.07) is 1.39. The Morgan fingerprint density at radius 2 is 2.11 bits per heavy atom. The average Bonchev–Trinajstić information content (AvgIpc) is 2.35. The maximum atomic E-state index is 12.2. The van der Waals surface area contributed by atoms with Gasteiger partial charge in [0, 0.05) is 31.0 Å². The van der Waals surface area contributed by atoms with Gasteiger partial charge in [0.1, 0.15) is 4.90 Å². The third-order valence-corrected chi connectivity index (χ3v) is 4.45. The summed E-state index contributed by atoms with van der Waals surface area (Å²) < 4.78 is 25.7. The first-order valence-electron chi connectivity index (χ1n) is 5.51. The Bertz CT molecular complexity index is 570. The zero-order valence-corrected chi connectivity index (χ0v) is 11.5. The molecule has 0 atom stereocenters. The average molecular weight is 267 g/mol. The van der Waals surface area contributed by atoms with Gasteiger partial charge in [-0.05, 0) is 19.9 Å². The minimum atomic E-state index is -3.51. The molecule has 1 rings (SSSR count). The largest absolute Gasteiger partial charge is 0.320 e. The molecule has 0 saturated heterocycles. The van der Waals surface area contributed by atoms with Crippen molar-refractivity contribution in [1.82, 2.24) is 9.29 Å². The molecular weight excluding hydrogens is 250 g/mol. The van der Waals surface area contributed by atoms with E-state index in [2.05, 4.69) is 16.8 Å². The number of hydrogen-bond acceptors (Lipinski definition) is 4. The molecule has 1 heterocycles. The molecular formula is C12H17N3O2S. The molecule has 0 aromatic carbocycles. The highest BCUT2D eigenvalue weighted by molar-refractivity contribution is 7.89. The fourth-order valence-corrected chi connectivity index (χ4v) is 2.58. The van der Waals surface area contributed by atoms with Crippen molar-refractivity contribution in [2.24, 2.45) is 5.73 Å². The Morgan fingerprint density at radius 1 is 1.44 bits per heavy atom. The van der Waals surface area contributed by atoms with Crippen LogP contribution in [0.5, 0.6) is 0 Å². The lowest BCUT2D eigenvalue weighted by Gasteiger charge is -2.20. The number of nitrogens with two attached hydrogens (primary N) is 1. The van der Waals surface area contributed by atoms with Gasteiger partial charge in [-0.1, -0.05) is 11.8 Å². The van der Waals surface area contributed by atoms with Gasteiger partial charge in [-0.2, -0.15) is 4.31 Å². The lowest BCUT2D eigenvalue weighted by atomic mass is 10.3. The van der Waals surface area contributed by atoms with E-state index < -0.39 is 10.0 Å². The Morgan fingerprint density at radius 3 is 2.67 bits per heavy atom. The van der Waals surface area contributed by atoms with Gasteiger partial charge in [0.2, 0.25) is 10.0 Å². The predicted molar refractivity (Wildman–Crippen MR) is 70.3 cm³/mol. The zero-order valence-electron chi connectivity index (χ0n) is 10.7. The molecule has 0 fully saturated rings. The van der Waals surface area contributed by atoms with Crippen molar-refractivity contribution in [3.63, 3.8) is 0 Å². The summed E-state index contributed by atoms with van der Waals surface area (Å²) in [5.74, 6) is 5.43. The molecule has 5 nitrogen and oxygen atoms in total. The minimum absolute atomic E-state index is 0.117. The minimum Gasteiger partial charge on any atom is -0.320 e. The molecule has 0 radical (unpaired) electrons. The third kappa shape index (κ3) is 3.29. The summed E-state index contributed by atoms with van der Waals surface area (Å²) in [5, 5.41) is 0. The van der Waals surface area contributed by atoms with E-state index in [4.69, 9.17) is 5.73 Å². The maximum absolute atomic E-state index is 12.2. The van der Waals surface area contributed by atoms with Crippen molar-refractivity contribution in [2.75, 3.05) is 13.6 Å². The van der Waals surface area contributed by atoms with Crippen LogP contribution in [0, 0.1) is 11.8 Å². The van der Waals surface area contributed by atoms with Gasteiger partial charge in [0.15, 0.2) is 0 Å². The summed E-state index contributed by atoms with van der Waals surface area (Å²) >= 11 is 0. The van der Waals surface area contributed by atoms with Crippen molar-refractivity contribution >= 4 is 10.0 Å². The van der Waals surface area contributed by atoms with Gasteiger partial charge in [0.25, 0.3) is 0 Å². The Kier molecular flexibility index (Phi) is 4.84. The zero-order chi connectivity index (χ0) is 13.8. The number of pyridine rings is 1. The highest BCUT2D eigenvalue weighted by Gasteiger charge is 2.23. The fourth-order valence-electron chi connectivity index (χ4n) is 1.23. The van der Waals surface area contributed by atoms with E-state index in [9.17, 15) is 8.42 Å². The molecule has 98 valence electrons. The SMILES string of the molecule is CC(C)N(C)S(=O)(=O)c1cncc(C#CCN)c1. The summed E-state index contributed by atoms with van der Waals surface area (Å²) in [7, 11) is -1.97. The van der Waals surface area contributed by atoms with Gasteiger partial charge in [-0.15, -0.1) is 0 Å². The topological polar surface area (TPSA) is 76.3 Å². The number of rotatable bonds is 3. The molecule has 0 unspecified atom stereocenters. The molecule has 0 aliphatic rings. The highest BCUT2D eigenvalue weighted by atomic mass is 32.2. The Hall–Kier alpha value is -1.42. The van der Waals surface area contributed by atoms with Crippen molar-refractivity contribution < 1.29 is 8.42 Å². The number of hydrogen-bond donors (Lipinski definition) is 1. The molecule has 0 bridgehead atoms. The van der Waals surface area contributed by atoms with Crippen LogP contribution >= 0.6 is 0 Å². The monoisotopic (exact) mass is 267 g/mol. The van der Waals surface area contributed by atoms with Gasteiger partial charge in [-0.25, -0.2) is 8.42 Å². The van der Waals surface area contributed by atoms with Crippen LogP contribution in [0.4, 0.5) is 0 Å². The van der Waals surface area contributed by atoms with Crippen LogP contribution in [0.2, 0.25) is 0 Å². The molecule has 18 heavy (non-hydrogen) atoms. The summed E-state index contributed by atoms with van der Waals surface area (Å²) in [5.41, 5.74) is 5.81. The van der Waals surface area contributed by atoms with E-state index in [1.165, 1.54) is 29.8 Å². The molecule has 6 heteroatoms. The van der Waals surface area contributed by atoms with E-state index in [1.54, 1.807) is 0 Å². The second kappa shape index (κ2) is 5.96. The smallest absolute Gasteiger partial charge is 0.244 e. The van der Waals surface area contributed by atoms with E-state index in [0.717, 1.165) is 0 Å². The Balaban J connectivity index is 3.18. The lowest BCUT2D eigenvalue weighted by molar-refractivity contribution is 0.410. The molecule has 0 spiro atoms. The van der Waals surface area contributed by atoms with Crippen LogP contribution in [0.1, 0.15) is 19.4 Å². The number of sulfonamides is 1. The van der Waals surface area contributed by atoms with Gasteiger partial charge in [-0.3, -0.25) is 4.98 Å². The van der Waals surface area contributed by atoms with Crippen LogP contribution in [0.3, 0.4) is 0 Å². The molecule has 1 aromatic heterocycles. The molecule has 0 amide bonds. The maximum Gasteiger partial charge on any atom is 0.244 e. The molecule has 1 aromatic rings. The van der Waals surface area contributed by atoms with Crippen LogP contribution in [-0.2, 0) is 10.0 Å². The van der Waals surface area contributed by atoms with E-state index >= 15 is 0 Å². The predicted octanol–water partition coefficient (Wildman–Crippen LogP) is 0.421. The van der Waals surface area contributed by atoms with E-state index in [1.807, 2.05) is 13.8 Å². The quantitative estimate of drug-likeness (QED) is 0.805. The first-order chi connectivity index (χ1) is 8.39. The number of aromatic nitrogens is 1. The van der Waals surface area contributed by atoms with Crippen molar-refractivity contribution in [3.05, 3.63) is 24.0 Å². The van der Waals surface area contributed by atoms with Gasteiger partial charge >= 0.3 is 0 Å². The highest BCUT2D eigenvalue weighted by Crippen LogP contribution is 2.16. The van der Waals surface area contributed by atoms with Crippen LogP contribution in [0.15, 0.2) is 23.4 Å². The second-order valence-corrected chi connectivity index (χ2v) is 6.03. The van der Waals surface area contributed by atoms with Crippen LogP contribution < -0.4 is 5.73 Å². The first kappa shape index (κ1) is 14.6. The Labute approximate surface area is 108 Å². The first-order valence-corrected chi connectivity index (χ1v) is 6.95. The van der Waals surface area contributed by atoms with E-state index in [-0.39, 0.29) is 17.5 Å². The molecule has 0 saturated carbocycles. The lowest BCUT2D eigenvalue weighted by Crippen LogP contribution is -2.33. The van der Waals surface area contributed by atoms with E-state index in [0.29, 0.717) is 5.56 Å². The van der Waals surface area contributed by atoms with Gasteiger partial charge < -0.3 is 5.73 Å². The normalized spacial score (nSPS) is 11.4. The van der Waals surface area contributed by atoms with Crippen molar-refractivity contribution in [3.8, 4) is 11.8 Å². The summed E-state index contributed by atoms with van der Waals surface area (Å²) in [4.78, 5) is 4.04. The summed E-state index contributed by atoms with van der Waals surface area (Å²) in [6.07, 6.45) is 2.83. The molecule has 0 aliphatic heterocycles.